The summed E-state index contributed by atoms with van der Waals surface area (Å²) in [5, 5.41) is 7.21. The Hall–Kier alpha value is -1.09. The molecule has 4 rings (SSSR count). The molecule has 8 heteroatoms. The van der Waals surface area contributed by atoms with Gasteiger partial charge < -0.3 is 20.9 Å². The molecule has 2 unspecified atom stereocenters. The van der Waals surface area contributed by atoms with Crippen LogP contribution in [0.5, 0.6) is 0 Å². The van der Waals surface area contributed by atoms with Crippen LogP contribution in [-0.4, -0.2) is 66.9 Å². The van der Waals surface area contributed by atoms with E-state index in [2.05, 4.69) is 26.7 Å². The SMILES string of the molecule is CSCCNC1C(N)CCCN1c1nc2c(c(N3CCCCCC3)n1)CNCC2. The van der Waals surface area contributed by atoms with Crippen molar-refractivity contribution in [2.24, 2.45) is 5.73 Å². The van der Waals surface area contributed by atoms with E-state index in [9.17, 15) is 0 Å². The van der Waals surface area contributed by atoms with Crippen molar-refractivity contribution in [2.75, 3.05) is 54.5 Å². The molecule has 0 spiro atoms. The number of nitrogens with two attached hydrogens (primary N) is 1. The Morgan fingerprint density at radius 1 is 1.14 bits per heavy atom. The quantitative estimate of drug-likeness (QED) is 0.601. The first-order valence-corrected chi connectivity index (χ1v) is 12.8. The molecule has 7 nitrogen and oxygen atoms in total. The van der Waals surface area contributed by atoms with E-state index in [0.29, 0.717) is 0 Å². The molecule has 0 amide bonds. The molecule has 162 valence electrons. The lowest BCUT2D eigenvalue weighted by atomic mass is 10.0. The van der Waals surface area contributed by atoms with E-state index in [1.807, 2.05) is 11.8 Å². The van der Waals surface area contributed by atoms with Gasteiger partial charge in [-0.3, -0.25) is 5.32 Å². The van der Waals surface area contributed by atoms with Crippen molar-refractivity contribution in [1.29, 1.82) is 0 Å². The second-order valence-corrected chi connectivity index (χ2v) is 9.48. The van der Waals surface area contributed by atoms with Crippen molar-refractivity contribution in [3.63, 3.8) is 0 Å². The van der Waals surface area contributed by atoms with Gasteiger partial charge in [-0.05, 0) is 31.9 Å². The summed E-state index contributed by atoms with van der Waals surface area (Å²) in [7, 11) is 0. The fraction of sp³-hybridized carbons (Fsp3) is 0.810. The molecule has 2 saturated heterocycles. The van der Waals surface area contributed by atoms with E-state index in [1.54, 1.807) is 0 Å². The minimum absolute atomic E-state index is 0.118. The monoisotopic (exact) mass is 419 g/mol. The number of anilines is 2. The zero-order valence-electron chi connectivity index (χ0n) is 17.8. The highest BCUT2D eigenvalue weighted by molar-refractivity contribution is 7.98. The predicted octanol–water partition coefficient (Wildman–Crippen LogP) is 1.71. The van der Waals surface area contributed by atoms with E-state index < -0.39 is 0 Å². The average molecular weight is 420 g/mol. The Morgan fingerprint density at radius 3 is 2.76 bits per heavy atom. The van der Waals surface area contributed by atoms with E-state index in [4.69, 9.17) is 15.7 Å². The van der Waals surface area contributed by atoms with E-state index in [0.717, 1.165) is 70.2 Å². The molecule has 29 heavy (non-hydrogen) atoms. The maximum atomic E-state index is 6.54. The Bertz CT molecular complexity index is 663. The number of hydrogen-bond acceptors (Lipinski definition) is 8. The van der Waals surface area contributed by atoms with Gasteiger partial charge in [-0.1, -0.05) is 12.8 Å². The molecule has 1 aromatic heterocycles. The summed E-state index contributed by atoms with van der Waals surface area (Å²) in [5.74, 6) is 3.13. The van der Waals surface area contributed by atoms with Gasteiger partial charge in [0, 0.05) is 63.0 Å². The highest BCUT2D eigenvalue weighted by Gasteiger charge is 2.32. The normalized spacial score (nSPS) is 25.6. The maximum Gasteiger partial charge on any atom is 0.228 e. The van der Waals surface area contributed by atoms with Gasteiger partial charge in [-0.15, -0.1) is 0 Å². The molecular weight excluding hydrogens is 382 g/mol. The minimum Gasteiger partial charge on any atom is -0.356 e. The fourth-order valence-electron chi connectivity index (χ4n) is 4.81. The van der Waals surface area contributed by atoms with Crippen LogP contribution >= 0.6 is 11.8 Å². The zero-order chi connectivity index (χ0) is 20.1. The van der Waals surface area contributed by atoms with Crippen molar-refractivity contribution in [1.82, 2.24) is 20.6 Å². The summed E-state index contributed by atoms with van der Waals surface area (Å²) < 4.78 is 0. The van der Waals surface area contributed by atoms with Gasteiger partial charge in [-0.2, -0.15) is 16.7 Å². The Labute approximate surface area is 179 Å². The third-order valence-corrected chi connectivity index (χ3v) is 7.01. The lowest BCUT2D eigenvalue weighted by Crippen LogP contribution is -2.60. The number of thioether (sulfide) groups is 1. The molecule has 1 aromatic rings. The number of nitrogens with one attached hydrogen (secondary N) is 2. The molecule has 0 bridgehead atoms. The number of piperidine rings is 1. The lowest BCUT2D eigenvalue weighted by molar-refractivity contribution is 0.348. The highest BCUT2D eigenvalue weighted by Crippen LogP contribution is 2.30. The smallest absolute Gasteiger partial charge is 0.228 e. The summed E-state index contributed by atoms with van der Waals surface area (Å²) in [6.45, 7) is 6.04. The minimum atomic E-state index is 0.118. The first-order valence-electron chi connectivity index (χ1n) is 11.4. The van der Waals surface area contributed by atoms with Crippen LogP contribution in [0.25, 0.3) is 0 Å². The summed E-state index contributed by atoms with van der Waals surface area (Å²) in [5.41, 5.74) is 9.09. The van der Waals surface area contributed by atoms with E-state index >= 15 is 0 Å². The predicted molar refractivity (Wildman–Crippen MR) is 123 cm³/mol. The number of fused-ring (bicyclic) bond motifs is 1. The van der Waals surface area contributed by atoms with Crippen molar-refractivity contribution < 1.29 is 0 Å². The van der Waals surface area contributed by atoms with Crippen LogP contribution in [0, 0.1) is 0 Å². The summed E-state index contributed by atoms with van der Waals surface area (Å²) in [4.78, 5) is 15.1. The maximum absolute atomic E-state index is 6.54. The Balaban J connectivity index is 1.65. The van der Waals surface area contributed by atoms with Crippen molar-refractivity contribution in [3.8, 4) is 0 Å². The third-order valence-electron chi connectivity index (χ3n) is 6.40. The topological polar surface area (TPSA) is 82.3 Å². The molecule has 2 fully saturated rings. The van der Waals surface area contributed by atoms with Crippen LogP contribution in [-0.2, 0) is 13.0 Å². The van der Waals surface area contributed by atoms with Crippen LogP contribution in [0.15, 0.2) is 0 Å². The molecule has 0 saturated carbocycles. The number of aromatic nitrogens is 2. The molecule has 0 aromatic carbocycles. The van der Waals surface area contributed by atoms with Crippen molar-refractivity contribution in [2.45, 2.75) is 63.7 Å². The first-order chi connectivity index (χ1) is 14.3. The molecule has 2 atom stereocenters. The van der Waals surface area contributed by atoms with Gasteiger partial charge in [0.15, 0.2) is 0 Å². The molecule has 4 heterocycles. The number of nitrogens with zero attached hydrogens (tertiary/aromatic N) is 4. The van der Waals surface area contributed by atoms with Gasteiger partial charge in [0.05, 0.1) is 11.9 Å². The standard InChI is InChI=1S/C21H37N7S/c1-29-14-10-24-20-17(22)7-6-13-28(20)21-25-18-8-9-23-15-16(18)19(26-21)27-11-4-2-3-5-12-27/h17,20,23-24H,2-15,22H2,1H3. The highest BCUT2D eigenvalue weighted by atomic mass is 32.2. The molecule has 4 N–H and O–H groups in total. The summed E-state index contributed by atoms with van der Waals surface area (Å²) in [6.07, 6.45) is 10.6. The van der Waals surface area contributed by atoms with Crippen LogP contribution in [0.1, 0.15) is 49.8 Å². The van der Waals surface area contributed by atoms with Gasteiger partial charge in [0.25, 0.3) is 0 Å². The first kappa shape index (κ1) is 21.2. The Morgan fingerprint density at radius 2 is 1.97 bits per heavy atom. The summed E-state index contributed by atoms with van der Waals surface area (Å²) in [6, 6.07) is 0.119. The van der Waals surface area contributed by atoms with Crippen LogP contribution in [0.3, 0.4) is 0 Å². The number of hydrogen-bond donors (Lipinski definition) is 3. The largest absolute Gasteiger partial charge is 0.356 e. The van der Waals surface area contributed by atoms with Gasteiger partial charge >= 0.3 is 0 Å². The van der Waals surface area contributed by atoms with Gasteiger partial charge in [0.1, 0.15) is 5.82 Å². The molecule has 3 aliphatic rings. The Kier molecular flexibility index (Phi) is 7.50. The molecular formula is C21H37N7S. The molecule has 3 aliphatic heterocycles. The van der Waals surface area contributed by atoms with E-state index in [-0.39, 0.29) is 12.2 Å². The van der Waals surface area contributed by atoms with Crippen molar-refractivity contribution >= 4 is 23.5 Å². The average Bonchev–Trinajstić information content (AvgIpc) is 3.03. The molecule has 0 aliphatic carbocycles. The second-order valence-electron chi connectivity index (χ2n) is 8.49. The lowest BCUT2D eigenvalue weighted by Gasteiger charge is -2.41. The van der Waals surface area contributed by atoms with Crippen LogP contribution in [0.4, 0.5) is 11.8 Å². The fourth-order valence-corrected chi connectivity index (χ4v) is 5.13. The summed E-state index contributed by atoms with van der Waals surface area (Å²) >= 11 is 1.86. The molecule has 0 radical (unpaired) electrons. The third kappa shape index (κ3) is 4.98. The second kappa shape index (κ2) is 10.3. The van der Waals surface area contributed by atoms with Gasteiger partial charge in [-0.25, -0.2) is 4.98 Å². The van der Waals surface area contributed by atoms with Crippen LogP contribution in [0.2, 0.25) is 0 Å². The number of rotatable bonds is 6. The van der Waals surface area contributed by atoms with Gasteiger partial charge in [0.2, 0.25) is 5.95 Å². The van der Waals surface area contributed by atoms with Crippen molar-refractivity contribution in [3.05, 3.63) is 11.3 Å². The van der Waals surface area contributed by atoms with E-state index in [1.165, 1.54) is 42.8 Å². The van der Waals surface area contributed by atoms with Crippen LogP contribution < -0.4 is 26.2 Å². The zero-order valence-corrected chi connectivity index (χ0v) is 18.6.